The summed E-state index contributed by atoms with van der Waals surface area (Å²) in [4.78, 5) is 38.3. The van der Waals surface area contributed by atoms with E-state index in [2.05, 4.69) is 12.6 Å². The number of carbonyl (C=O) groups is 3. The van der Waals surface area contributed by atoms with Crippen LogP contribution in [0.1, 0.15) is 118 Å². The molecule has 0 unspecified atom stereocenters. The summed E-state index contributed by atoms with van der Waals surface area (Å²) >= 11 is 16.8. The van der Waals surface area contributed by atoms with E-state index in [9.17, 15) is 55.2 Å². The van der Waals surface area contributed by atoms with Crippen molar-refractivity contribution in [3.63, 3.8) is 0 Å². The Labute approximate surface area is 450 Å². The van der Waals surface area contributed by atoms with E-state index in [0.717, 1.165) is 5.57 Å². The highest BCUT2D eigenvalue weighted by Crippen LogP contribution is 2.45. The summed E-state index contributed by atoms with van der Waals surface area (Å²) in [5.41, 5.74) is 0.227. The van der Waals surface area contributed by atoms with Crippen LogP contribution in [0.15, 0.2) is 58.7 Å². The van der Waals surface area contributed by atoms with Crippen LogP contribution < -0.4 is 0 Å². The number of rotatable bonds is 24. The number of hydrogen-bond donors (Lipinski definition) is 9. The molecule has 1 aromatic rings. The molecule has 2 aliphatic rings. The number of thiol groups is 1. The Hall–Kier alpha value is -3.54. The molecule has 18 nitrogen and oxygen atoms in total. The van der Waals surface area contributed by atoms with Crippen molar-refractivity contribution in [2.45, 2.75) is 193 Å². The fraction of sp³-hybridized carbons (Fsp3) is 0.642. The third-order valence-corrected chi connectivity index (χ3v) is 14.6. The van der Waals surface area contributed by atoms with Gasteiger partial charge in [-0.15, -0.1) is 0 Å². The molecule has 0 bridgehead atoms. The number of benzene rings is 1. The number of phenols is 2. The summed E-state index contributed by atoms with van der Waals surface area (Å²) in [6.45, 7) is 20.0. The van der Waals surface area contributed by atoms with Crippen LogP contribution in [0.25, 0.3) is 0 Å². The van der Waals surface area contributed by atoms with Gasteiger partial charge in [-0.2, -0.15) is 12.6 Å². The number of carboxylic acid groups (broad SMARTS) is 1. The Balaban J connectivity index is 1.82. The molecule has 0 aliphatic carbocycles. The molecular weight excluding hydrogens is 1030 g/mol. The first kappa shape index (κ1) is 64.7. The van der Waals surface area contributed by atoms with Crippen LogP contribution in [0.3, 0.4) is 0 Å². The highest BCUT2D eigenvalue weighted by Gasteiger charge is 2.53. The zero-order valence-corrected chi connectivity index (χ0v) is 46.9. The number of aliphatic hydroxyl groups excluding tert-OH is 5. The van der Waals surface area contributed by atoms with Crippen LogP contribution in [-0.2, 0) is 49.2 Å². The second-order valence-corrected chi connectivity index (χ2v) is 21.8. The van der Waals surface area contributed by atoms with Gasteiger partial charge in [0, 0.05) is 17.8 Å². The Kier molecular flexibility index (Phi) is 24.7. The van der Waals surface area contributed by atoms with Gasteiger partial charge >= 0.3 is 17.9 Å². The number of allylic oxidation sites excluding steroid dienone is 5. The minimum absolute atomic E-state index is 0.0534. The molecule has 21 heteroatoms. The molecule has 2 fully saturated rings. The lowest BCUT2D eigenvalue weighted by atomic mass is 9.88. The topological polar surface area (TPSA) is 278 Å². The van der Waals surface area contributed by atoms with Gasteiger partial charge in [0.25, 0.3) is 0 Å². The van der Waals surface area contributed by atoms with Gasteiger partial charge in [-0.05, 0) is 104 Å². The van der Waals surface area contributed by atoms with Crippen molar-refractivity contribution < 1.29 is 88.4 Å². The van der Waals surface area contributed by atoms with Gasteiger partial charge in [-0.25, -0.2) is 9.59 Å². The number of aliphatic hydroxyl groups is 5. The van der Waals surface area contributed by atoms with Crippen LogP contribution in [0, 0.1) is 11.8 Å². The van der Waals surface area contributed by atoms with Crippen LogP contribution in [0.2, 0.25) is 10.0 Å². The van der Waals surface area contributed by atoms with E-state index in [-0.39, 0.29) is 29.0 Å². The number of aromatic hydroxyl groups is 2. The van der Waals surface area contributed by atoms with Crippen molar-refractivity contribution in [3.05, 3.63) is 79.9 Å². The highest BCUT2D eigenvalue weighted by molar-refractivity contribution is 7.81. The number of aliphatic carboxylic acids is 1. The van der Waals surface area contributed by atoms with E-state index in [1.807, 2.05) is 45.9 Å². The molecule has 14 atom stereocenters. The Morgan fingerprint density at radius 1 is 0.919 bits per heavy atom. The number of hydrogen-bond acceptors (Lipinski definition) is 18. The summed E-state index contributed by atoms with van der Waals surface area (Å²) in [6, 6.07) is 0. The highest BCUT2D eigenvalue weighted by atomic mass is 35.5. The molecule has 0 radical (unpaired) electrons. The van der Waals surface area contributed by atoms with Crippen LogP contribution in [-0.4, -0.2) is 156 Å². The lowest BCUT2D eigenvalue weighted by Gasteiger charge is -2.47. The fourth-order valence-electron chi connectivity index (χ4n) is 8.29. The van der Waals surface area contributed by atoms with E-state index in [1.165, 1.54) is 26.2 Å². The molecule has 74 heavy (non-hydrogen) atoms. The van der Waals surface area contributed by atoms with Crippen LogP contribution >= 0.6 is 35.8 Å². The van der Waals surface area contributed by atoms with E-state index >= 15 is 0 Å². The average molecular weight is 1110 g/mol. The van der Waals surface area contributed by atoms with Crippen molar-refractivity contribution in [1.82, 2.24) is 0 Å². The Morgan fingerprint density at radius 2 is 1.55 bits per heavy atom. The second kappa shape index (κ2) is 28.2. The zero-order valence-electron chi connectivity index (χ0n) is 44.4. The molecule has 0 saturated carbocycles. The van der Waals surface area contributed by atoms with Gasteiger partial charge in [0.15, 0.2) is 36.3 Å². The molecule has 418 valence electrons. The van der Waals surface area contributed by atoms with Crippen LogP contribution in [0.4, 0.5) is 0 Å². The maximum Gasteiger partial charge on any atom is 0.342 e. The number of methoxy groups -OCH3 is 1. The number of esters is 2. The third kappa shape index (κ3) is 16.5. The molecule has 0 aromatic heterocycles. The molecule has 8 N–H and O–H groups in total. The smallest absolute Gasteiger partial charge is 0.342 e. The minimum atomic E-state index is -1.62. The van der Waals surface area contributed by atoms with Gasteiger partial charge in [0.1, 0.15) is 40.6 Å². The first-order valence-electron chi connectivity index (χ1n) is 24.6. The SMILES string of the molecule is CCc1c(Cl)c(O)c(Cl)c(O)c1C(=O)O[C@H]1[C@H](O)[C@H](OC)[C@H](OC/C(=C\C=C\C[C@H](O)/C(C)=C/[C@H](CC)[C@@H](O[C@@H]2OC(C)(C)[C@@H](OC(=O)C(C)C)[C@H](O)[C@@H]2O)/C(C)=C/C(C)=C/C[C@](C)(S)[C@H](C)O)C(=O)O)O[C@@H]1C. The van der Waals surface area contributed by atoms with Crippen molar-refractivity contribution in [1.29, 1.82) is 0 Å². The van der Waals surface area contributed by atoms with E-state index in [0.29, 0.717) is 24.0 Å². The van der Waals surface area contributed by atoms with E-state index in [4.69, 9.17) is 56.4 Å². The number of phenolic OH excluding ortho intramolecular Hbond substituents is 2. The largest absolute Gasteiger partial charge is 0.505 e. The summed E-state index contributed by atoms with van der Waals surface area (Å²) < 4.78 is 40.4. The van der Waals surface area contributed by atoms with E-state index in [1.54, 1.807) is 54.5 Å². The molecule has 0 amide bonds. The molecule has 3 rings (SSSR count). The second-order valence-electron chi connectivity index (χ2n) is 20.0. The monoisotopic (exact) mass is 1100 g/mol. The van der Waals surface area contributed by atoms with Crippen LogP contribution in [0.5, 0.6) is 11.5 Å². The number of ether oxygens (including phenoxy) is 7. The standard InChI is InChI=1S/C53H78Cl2O18S/c1-14-31(43(28(7)22-26(5)20-21-53(12,74)30(9)56)71-50-41(61)40(60)46(52(10,11)73-50)72-48(65)25(3)4)23-27(6)34(57)19-17-16-18-32(47(63)64)24-68-51-45(67-13)42(62)44(29(8)69-51)70-49(66)35-33(15-2)36(54)39(59)37(55)38(35)58/h16-18,20,22-23,25,29-31,34,40-46,50-51,56-62,74H,14-15,19,21,24H2,1-13H3,(H,63,64)/b17-16+,26-20+,27-23+,28-22+,32-18+/t29-,30+,31+,34+,40-,41+,42+,43+,44-,45+,46+,50-,51-,53+/m1/s1. The lowest BCUT2D eigenvalue weighted by molar-refractivity contribution is -0.333. The predicted octanol–water partition coefficient (Wildman–Crippen LogP) is 7.08. The number of halogens is 2. The van der Waals surface area contributed by atoms with Gasteiger partial charge in [-0.3, -0.25) is 4.79 Å². The average Bonchev–Trinajstić information content (AvgIpc) is 3.32. The normalized spacial score (nSPS) is 27.6. The summed E-state index contributed by atoms with van der Waals surface area (Å²) in [5.74, 6) is -5.34. The maximum absolute atomic E-state index is 13.4. The van der Waals surface area contributed by atoms with Crippen molar-refractivity contribution in [3.8, 4) is 11.5 Å². The van der Waals surface area contributed by atoms with Gasteiger partial charge in [0.2, 0.25) is 0 Å². The quantitative estimate of drug-likeness (QED) is 0.0164. The fourth-order valence-corrected chi connectivity index (χ4v) is 8.94. The first-order valence-corrected chi connectivity index (χ1v) is 25.8. The molecule has 2 aliphatic heterocycles. The van der Waals surface area contributed by atoms with E-state index < -0.39 is 142 Å². The summed E-state index contributed by atoms with van der Waals surface area (Å²) in [7, 11) is 1.24. The summed E-state index contributed by atoms with van der Waals surface area (Å²) in [6.07, 6.45) is -3.88. The molecule has 2 saturated heterocycles. The number of carbonyl (C=O) groups excluding carboxylic acids is 2. The molecular formula is C53H78Cl2O18S. The van der Waals surface area contributed by atoms with Gasteiger partial charge in [0.05, 0.1) is 47.5 Å². The van der Waals surface area contributed by atoms with Crippen molar-refractivity contribution >= 4 is 53.7 Å². The molecule has 2 heterocycles. The third-order valence-electron chi connectivity index (χ3n) is 13.3. The zero-order chi connectivity index (χ0) is 56.3. The van der Waals surface area contributed by atoms with Gasteiger partial charge in [-0.1, -0.05) is 86.9 Å². The minimum Gasteiger partial charge on any atom is -0.505 e. The number of carboxylic acids is 1. The predicted molar refractivity (Wildman–Crippen MR) is 280 cm³/mol. The van der Waals surface area contributed by atoms with Gasteiger partial charge < -0.3 is 74.0 Å². The molecule has 0 spiro atoms. The Bertz CT molecular complexity index is 2250. The molecule has 1 aromatic carbocycles. The Morgan fingerprint density at radius 3 is 2.11 bits per heavy atom. The van der Waals surface area contributed by atoms with Crippen molar-refractivity contribution in [2.75, 3.05) is 13.7 Å². The lowest BCUT2D eigenvalue weighted by Crippen LogP contribution is -2.64. The first-order chi connectivity index (χ1) is 34.4. The maximum atomic E-state index is 13.4. The van der Waals surface area contributed by atoms with Crippen molar-refractivity contribution in [2.24, 2.45) is 11.8 Å². The summed E-state index contributed by atoms with van der Waals surface area (Å²) in [5, 5.41) is 85.6.